The third-order valence-corrected chi connectivity index (χ3v) is 4.82. The molecule has 0 saturated carbocycles. The Balaban J connectivity index is 1.40. The van der Waals surface area contributed by atoms with Crippen LogP contribution < -0.4 is 4.74 Å². The van der Waals surface area contributed by atoms with Gasteiger partial charge in [-0.05, 0) is 43.0 Å². The summed E-state index contributed by atoms with van der Waals surface area (Å²) >= 11 is 5.46. The Morgan fingerprint density at radius 1 is 1.23 bits per heavy atom. The fraction of sp³-hybridized carbons (Fsp3) is 0.421. The fourth-order valence-corrected chi connectivity index (χ4v) is 3.42. The van der Waals surface area contributed by atoms with Gasteiger partial charge < -0.3 is 4.74 Å². The number of rotatable bonds is 6. The van der Waals surface area contributed by atoms with E-state index in [0.717, 1.165) is 42.5 Å². The zero-order valence-electron chi connectivity index (χ0n) is 12.9. The van der Waals surface area contributed by atoms with Gasteiger partial charge in [-0.1, -0.05) is 48.6 Å². The van der Waals surface area contributed by atoms with Crippen molar-refractivity contribution in [3.63, 3.8) is 0 Å². The lowest BCUT2D eigenvalue weighted by Crippen LogP contribution is -2.26. The molecule has 2 nitrogen and oxygen atoms in total. The molecule has 1 unspecified atom stereocenters. The molecule has 0 radical (unpaired) electrons. The summed E-state index contributed by atoms with van der Waals surface area (Å²) in [4.78, 5) is 3.64. The maximum atomic E-state index is 5.79. The minimum atomic E-state index is 0.743. The van der Waals surface area contributed by atoms with Crippen LogP contribution in [0.1, 0.15) is 19.3 Å². The van der Waals surface area contributed by atoms with E-state index in [4.69, 9.17) is 17.0 Å². The average Bonchev–Trinajstić information content (AvgIpc) is 2.98. The van der Waals surface area contributed by atoms with Crippen molar-refractivity contribution in [2.24, 2.45) is 5.92 Å². The van der Waals surface area contributed by atoms with Crippen LogP contribution in [0.4, 0.5) is 0 Å². The summed E-state index contributed by atoms with van der Waals surface area (Å²) in [7, 11) is 0. The Labute approximate surface area is 138 Å². The molecule has 1 fully saturated rings. The molecule has 22 heavy (non-hydrogen) atoms. The quantitative estimate of drug-likeness (QED) is 0.736. The molecular weight excluding hydrogens is 290 g/mol. The van der Waals surface area contributed by atoms with Crippen LogP contribution in [0.3, 0.4) is 0 Å². The summed E-state index contributed by atoms with van der Waals surface area (Å²) in [5.41, 5.74) is 1.38. The van der Waals surface area contributed by atoms with Gasteiger partial charge in [0.25, 0.3) is 0 Å². The van der Waals surface area contributed by atoms with Crippen LogP contribution in [-0.2, 0) is 0 Å². The summed E-state index contributed by atoms with van der Waals surface area (Å²) in [6.45, 7) is 4.12. The average molecular weight is 313 g/mol. The molecule has 1 saturated heterocycles. The maximum Gasteiger partial charge on any atom is 0.119 e. The van der Waals surface area contributed by atoms with Crippen molar-refractivity contribution in [3.8, 4) is 5.75 Å². The van der Waals surface area contributed by atoms with Gasteiger partial charge in [0.1, 0.15) is 12.4 Å². The molecule has 0 bridgehead atoms. The number of ether oxygens (including phenoxy) is 1. The van der Waals surface area contributed by atoms with Gasteiger partial charge in [-0.25, -0.2) is 0 Å². The van der Waals surface area contributed by atoms with Crippen molar-refractivity contribution >= 4 is 17.1 Å². The lowest BCUT2D eigenvalue weighted by atomic mass is 9.93. The lowest BCUT2D eigenvalue weighted by Gasteiger charge is -2.18. The largest absolute Gasteiger partial charge is 0.492 e. The summed E-state index contributed by atoms with van der Waals surface area (Å²) in [5, 5.41) is 0. The number of para-hydroxylation sites is 1. The van der Waals surface area contributed by atoms with E-state index in [-0.39, 0.29) is 0 Å². The van der Waals surface area contributed by atoms with Crippen LogP contribution in [0.2, 0.25) is 0 Å². The van der Waals surface area contributed by atoms with E-state index in [9.17, 15) is 0 Å². The smallest absolute Gasteiger partial charge is 0.119 e. The van der Waals surface area contributed by atoms with E-state index >= 15 is 0 Å². The highest BCUT2D eigenvalue weighted by Crippen LogP contribution is 2.26. The van der Waals surface area contributed by atoms with Crippen LogP contribution >= 0.6 is 12.2 Å². The topological polar surface area (TPSA) is 12.5 Å². The Hall–Kier alpha value is -1.45. The van der Waals surface area contributed by atoms with Crippen molar-refractivity contribution in [1.29, 1.82) is 0 Å². The Kier molecular flexibility index (Phi) is 5.41. The first-order valence-electron chi connectivity index (χ1n) is 8.10. The van der Waals surface area contributed by atoms with Gasteiger partial charge in [-0.3, -0.25) is 4.90 Å². The van der Waals surface area contributed by atoms with E-state index in [0.29, 0.717) is 0 Å². The SMILES string of the molecule is S=C1CC=CC=C1CC1CCN(CCOc2ccccc2)C1. The van der Waals surface area contributed by atoms with Gasteiger partial charge in [0.15, 0.2) is 0 Å². The summed E-state index contributed by atoms with van der Waals surface area (Å²) in [6.07, 6.45) is 9.85. The van der Waals surface area contributed by atoms with E-state index < -0.39 is 0 Å². The summed E-state index contributed by atoms with van der Waals surface area (Å²) < 4.78 is 5.79. The Morgan fingerprint density at radius 3 is 2.91 bits per heavy atom. The molecule has 0 N–H and O–H groups in total. The molecule has 1 atom stereocenters. The Bertz CT molecular complexity index is 564. The van der Waals surface area contributed by atoms with E-state index in [1.165, 1.54) is 25.1 Å². The van der Waals surface area contributed by atoms with Crippen LogP contribution in [0.25, 0.3) is 0 Å². The number of nitrogens with zero attached hydrogens (tertiary/aromatic N) is 1. The third kappa shape index (κ3) is 4.28. The number of likely N-dealkylation sites (tertiary alicyclic amines) is 1. The summed E-state index contributed by atoms with van der Waals surface area (Å²) in [5.74, 6) is 1.70. The number of benzene rings is 1. The summed E-state index contributed by atoms with van der Waals surface area (Å²) in [6, 6.07) is 10.1. The monoisotopic (exact) mass is 313 g/mol. The van der Waals surface area contributed by atoms with Gasteiger partial charge >= 0.3 is 0 Å². The second-order valence-corrected chi connectivity index (χ2v) is 6.56. The van der Waals surface area contributed by atoms with Crippen molar-refractivity contribution in [2.45, 2.75) is 19.3 Å². The number of thiocarbonyl (C=S) groups is 1. The van der Waals surface area contributed by atoms with Gasteiger partial charge in [-0.2, -0.15) is 0 Å². The van der Waals surface area contributed by atoms with E-state index in [1.807, 2.05) is 30.3 Å². The first-order chi connectivity index (χ1) is 10.8. The highest BCUT2D eigenvalue weighted by atomic mass is 32.1. The van der Waals surface area contributed by atoms with Gasteiger partial charge in [0.2, 0.25) is 0 Å². The second-order valence-electron chi connectivity index (χ2n) is 6.07. The minimum absolute atomic E-state index is 0.743. The lowest BCUT2D eigenvalue weighted by molar-refractivity contribution is 0.233. The zero-order chi connectivity index (χ0) is 15.2. The molecule has 1 aromatic carbocycles. The van der Waals surface area contributed by atoms with Gasteiger partial charge in [0, 0.05) is 24.4 Å². The standard InChI is InChI=1S/C19H23NOS/c22-19-9-5-4-6-17(19)14-16-10-11-20(15-16)12-13-21-18-7-2-1-3-8-18/h1-8,16H,9-15H2. The van der Waals surface area contributed by atoms with Gasteiger partial charge in [-0.15, -0.1) is 0 Å². The van der Waals surface area contributed by atoms with Crippen LogP contribution in [0.15, 0.2) is 54.1 Å². The van der Waals surface area contributed by atoms with Crippen LogP contribution in [-0.4, -0.2) is 36.0 Å². The molecule has 3 heteroatoms. The van der Waals surface area contributed by atoms with Crippen LogP contribution in [0, 0.1) is 5.92 Å². The molecule has 1 aliphatic carbocycles. The molecule has 2 aliphatic rings. The predicted octanol–water partition coefficient (Wildman–Crippen LogP) is 4.03. The van der Waals surface area contributed by atoms with Crippen molar-refractivity contribution < 1.29 is 4.74 Å². The Morgan fingerprint density at radius 2 is 2.09 bits per heavy atom. The van der Waals surface area contributed by atoms with E-state index in [2.05, 4.69) is 23.1 Å². The molecule has 0 aromatic heterocycles. The first kappa shape index (κ1) is 15.4. The van der Waals surface area contributed by atoms with Crippen molar-refractivity contribution in [2.75, 3.05) is 26.2 Å². The predicted molar refractivity (Wildman–Crippen MR) is 95.5 cm³/mol. The number of hydrogen-bond acceptors (Lipinski definition) is 3. The molecule has 1 aromatic rings. The second kappa shape index (κ2) is 7.70. The minimum Gasteiger partial charge on any atom is -0.492 e. The highest BCUT2D eigenvalue weighted by Gasteiger charge is 2.24. The zero-order valence-corrected chi connectivity index (χ0v) is 13.7. The molecule has 0 spiro atoms. The molecular formula is C19H23NOS. The highest BCUT2D eigenvalue weighted by molar-refractivity contribution is 7.80. The normalized spacial score (nSPS) is 21.9. The van der Waals surface area contributed by atoms with Crippen LogP contribution in [0.5, 0.6) is 5.75 Å². The molecule has 1 aliphatic heterocycles. The van der Waals surface area contributed by atoms with Crippen molar-refractivity contribution in [1.82, 2.24) is 4.90 Å². The maximum absolute atomic E-state index is 5.79. The van der Waals surface area contributed by atoms with Crippen molar-refractivity contribution in [3.05, 3.63) is 54.1 Å². The fourth-order valence-electron chi connectivity index (χ4n) is 3.17. The number of hydrogen-bond donors (Lipinski definition) is 0. The first-order valence-corrected chi connectivity index (χ1v) is 8.51. The third-order valence-electron chi connectivity index (χ3n) is 4.39. The van der Waals surface area contributed by atoms with Gasteiger partial charge in [0.05, 0.1) is 0 Å². The van der Waals surface area contributed by atoms with E-state index in [1.54, 1.807) is 0 Å². The molecule has 116 valence electrons. The molecule has 1 heterocycles. The molecule has 3 rings (SSSR count). The number of allylic oxidation sites excluding steroid dienone is 4. The molecule has 0 amide bonds.